The second-order valence-corrected chi connectivity index (χ2v) is 5.61. The first-order valence-electron chi connectivity index (χ1n) is 6.65. The highest BCUT2D eigenvalue weighted by Crippen LogP contribution is 2.30. The molecular weight excluding hydrogens is 200 g/mol. The van der Waals surface area contributed by atoms with Crippen molar-refractivity contribution in [2.45, 2.75) is 58.0 Å². The Morgan fingerprint density at radius 3 is 2.69 bits per heavy atom. The van der Waals surface area contributed by atoms with Gasteiger partial charge >= 0.3 is 0 Å². The third kappa shape index (κ3) is 1.86. The van der Waals surface area contributed by atoms with Gasteiger partial charge in [0.1, 0.15) is 0 Å². The molecule has 2 heterocycles. The molecule has 16 heavy (non-hydrogen) atoms. The second kappa shape index (κ2) is 4.36. The van der Waals surface area contributed by atoms with Crippen molar-refractivity contribution in [3.8, 4) is 0 Å². The molecule has 0 radical (unpaired) electrons. The summed E-state index contributed by atoms with van der Waals surface area (Å²) in [6.45, 7) is 8.49. The third-order valence-corrected chi connectivity index (χ3v) is 4.30. The van der Waals surface area contributed by atoms with Crippen LogP contribution in [0.25, 0.3) is 0 Å². The summed E-state index contributed by atoms with van der Waals surface area (Å²) in [6, 6.07) is 0.424. The summed E-state index contributed by atoms with van der Waals surface area (Å²) in [5, 5.41) is 3.44. The molecule has 0 aromatic heterocycles. The average molecular weight is 224 g/mol. The molecule has 0 bridgehead atoms. The molecular formula is C13H24N2O. The van der Waals surface area contributed by atoms with E-state index in [1.54, 1.807) is 0 Å². The normalized spacial score (nSPS) is 39.3. The van der Waals surface area contributed by atoms with E-state index >= 15 is 0 Å². The Balaban J connectivity index is 2.11. The number of nitrogens with one attached hydrogen (secondary N) is 1. The highest BCUT2D eigenvalue weighted by molar-refractivity contribution is 5.87. The molecule has 0 spiro atoms. The Kier molecular flexibility index (Phi) is 3.24. The van der Waals surface area contributed by atoms with Crippen molar-refractivity contribution >= 4 is 5.91 Å². The Bertz CT molecular complexity index is 271. The SMILES string of the molecule is CCC1(C(=O)N2CC(C)CC2C)CCCN1. The fourth-order valence-corrected chi connectivity index (χ4v) is 3.30. The van der Waals surface area contributed by atoms with Gasteiger partial charge in [0.15, 0.2) is 0 Å². The number of carbonyl (C=O) groups excluding carboxylic acids is 1. The Hall–Kier alpha value is -0.570. The third-order valence-electron chi connectivity index (χ3n) is 4.30. The molecule has 3 heteroatoms. The van der Waals surface area contributed by atoms with Crippen molar-refractivity contribution in [2.75, 3.05) is 13.1 Å². The van der Waals surface area contributed by atoms with Crippen molar-refractivity contribution in [3.63, 3.8) is 0 Å². The predicted octanol–water partition coefficient (Wildman–Crippen LogP) is 1.78. The zero-order chi connectivity index (χ0) is 11.8. The summed E-state index contributed by atoms with van der Waals surface area (Å²) in [4.78, 5) is 14.7. The highest BCUT2D eigenvalue weighted by atomic mass is 16.2. The van der Waals surface area contributed by atoms with Crippen LogP contribution in [0.2, 0.25) is 0 Å². The summed E-state index contributed by atoms with van der Waals surface area (Å²) in [5.74, 6) is 1.01. The van der Waals surface area contributed by atoms with Gasteiger partial charge in [-0.15, -0.1) is 0 Å². The maximum atomic E-state index is 12.6. The van der Waals surface area contributed by atoms with Crippen LogP contribution in [0.5, 0.6) is 0 Å². The largest absolute Gasteiger partial charge is 0.338 e. The van der Waals surface area contributed by atoms with Crippen molar-refractivity contribution < 1.29 is 4.79 Å². The van der Waals surface area contributed by atoms with Crippen LogP contribution in [0.4, 0.5) is 0 Å². The van der Waals surface area contributed by atoms with Gasteiger partial charge in [-0.2, -0.15) is 0 Å². The summed E-state index contributed by atoms with van der Waals surface area (Å²) < 4.78 is 0. The van der Waals surface area contributed by atoms with Crippen LogP contribution in [0.1, 0.15) is 46.5 Å². The molecule has 0 saturated carbocycles. The van der Waals surface area contributed by atoms with Crippen molar-refractivity contribution in [1.82, 2.24) is 10.2 Å². The van der Waals surface area contributed by atoms with Gasteiger partial charge in [0.2, 0.25) is 5.91 Å². The smallest absolute Gasteiger partial charge is 0.243 e. The zero-order valence-electron chi connectivity index (χ0n) is 10.8. The fraction of sp³-hybridized carbons (Fsp3) is 0.923. The lowest BCUT2D eigenvalue weighted by Gasteiger charge is -2.34. The molecule has 0 aromatic carbocycles. The summed E-state index contributed by atoms with van der Waals surface area (Å²) in [7, 11) is 0. The topological polar surface area (TPSA) is 32.3 Å². The summed E-state index contributed by atoms with van der Waals surface area (Å²) in [6.07, 6.45) is 4.23. The van der Waals surface area contributed by atoms with Gasteiger partial charge in [0, 0.05) is 12.6 Å². The van der Waals surface area contributed by atoms with E-state index in [9.17, 15) is 4.79 Å². The van der Waals surface area contributed by atoms with E-state index in [-0.39, 0.29) is 5.54 Å². The average Bonchev–Trinajstić information content (AvgIpc) is 2.85. The van der Waals surface area contributed by atoms with Gasteiger partial charge in [0.05, 0.1) is 5.54 Å². The number of carbonyl (C=O) groups is 1. The molecule has 0 aliphatic carbocycles. The Labute approximate surface area is 98.6 Å². The molecule has 1 amide bonds. The van der Waals surface area contributed by atoms with Crippen LogP contribution >= 0.6 is 0 Å². The van der Waals surface area contributed by atoms with E-state index in [0.29, 0.717) is 17.9 Å². The van der Waals surface area contributed by atoms with Gasteiger partial charge in [-0.05, 0) is 45.1 Å². The molecule has 92 valence electrons. The van der Waals surface area contributed by atoms with Crippen LogP contribution in [-0.2, 0) is 4.79 Å². The molecule has 2 aliphatic heterocycles. The molecule has 3 nitrogen and oxygen atoms in total. The summed E-state index contributed by atoms with van der Waals surface area (Å²) in [5.41, 5.74) is -0.238. The molecule has 2 fully saturated rings. The molecule has 3 atom stereocenters. The maximum absolute atomic E-state index is 12.6. The molecule has 2 saturated heterocycles. The van der Waals surface area contributed by atoms with Gasteiger partial charge in [-0.3, -0.25) is 4.79 Å². The molecule has 0 aromatic rings. The van der Waals surface area contributed by atoms with E-state index < -0.39 is 0 Å². The minimum absolute atomic E-state index is 0.238. The van der Waals surface area contributed by atoms with Gasteiger partial charge < -0.3 is 10.2 Å². The van der Waals surface area contributed by atoms with E-state index in [0.717, 1.165) is 38.8 Å². The van der Waals surface area contributed by atoms with E-state index in [1.165, 1.54) is 0 Å². The highest BCUT2D eigenvalue weighted by Gasteiger charge is 2.44. The Morgan fingerprint density at radius 1 is 1.50 bits per heavy atom. The van der Waals surface area contributed by atoms with Gasteiger partial charge in [0.25, 0.3) is 0 Å². The summed E-state index contributed by atoms with van der Waals surface area (Å²) >= 11 is 0. The first-order valence-corrected chi connectivity index (χ1v) is 6.65. The van der Waals surface area contributed by atoms with Gasteiger partial charge in [-0.25, -0.2) is 0 Å². The Morgan fingerprint density at radius 2 is 2.25 bits per heavy atom. The number of likely N-dealkylation sites (tertiary alicyclic amines) is 1. The number of hydrogen-bond acceptors (Lipinski definition) is 2. The fourth-order valence-electron chi connectivity index (χ4n) is 3.30. The first-order chi connectivity index (χ1) is 7.59. The van der Waals surface area contributed by atoms with Gasteiger partial charge in [-0.1, -0.05) is 13.8 Å². The first kappa shape index (κ1) is 11.9. The van der Waals surface area contributed by atoms with E-state index in [4.69, 9.17) is 0 Å². The quantitative estimate of drug-likeness (QED) is 0.775. The standard InChI is InChI=1S/C13H24N2O/c1-4-13(6-5-7-14-13)12(16)15-9-10(2)8-11(15)3/h10-11,14H,4-9H2,1-3H3. The van der Waals surface area contributed by atoms with Crippen LogP contribution in [0.3, 0.4) is 0 Å². The molecule has 2 rings (SSSR count). The second-order valence-electron chi connectivity index (χ2n) is 5.61. The molecule has 2 aliphatic rings. The van der Waals surface area contributed by atoms with Crippen LogP contribution in [0, 0.1) is 5.92 Å². The van der Waals surface area contributed by atoms with E-state index in [1.807, 2.05) is 0 Å². The monoisotopic (exact) mass is 224 g/mol. The minimum Gasteiger partial charge on any atom is -0.338 e. The number of hydrogen-bond donors (Lipinski definition) is 1. The predicted molar refractivity (Wildman–Crippen MR) is 65.2 cm³/mol. The van der Waals surface area contributed by atoms with E-state index in [2.05, 4.69) is 31.0 Å². The zero-order valence-corrected chi connectivity index (χ0v) is 10.8. The number of rotatable bonds is 2. The van der Waals surface area contributed by atoms with Crippen LogP contribution < -0.4 is 5.32 Å². The lowest BCUT2D eigenvalue weighted by Crippen LogP contribution is -2.55. The minimum atomic E-state index is -0.238. The number of nitrogens with zero attached hydrogens (tertiary/aromatic N) is 1. The van der Waals surface area contributed by atoms with Crippen molar-refractivity contribution in [3.05, 3.63) is 0 Å². The molecule has 1 N–H and O–H groups in total. The number of amides is 1. The maximum Gasteiger partial charge on any atom is 0.243 e. The molecule has 3 unspecified atom stereocenters. The van der Waals surface area contributed by atoms with Crippen LogP contribution in [-0.4, -0.2) is 35.5 Å². The lowest BCUT2D eigenvalue weighted by atomic mass is 9.92. The lowest BCUT2D eigenvalue weighted by molar-refractivity contribution is -0.138. The van der Waals surface area contributed by atoms with Crippen molar-refractivity contribution in [1.29, 1.82) is 0 Å². The van der Waals surface area contributed by atoms with Crippen LogP contribution in [0.15, 0.2) is 0 Å². The van der Waals surface area contributed by atoms with Crippen molar-refractivity contribution in [2.24, 2.45) is 5.92 Å².